The summed E-state index contributed by atoms with van der Waals surface area (Å²) >= 11 is 0. The third-order valence-electron chi connectivity index (χ3n) is 8.14. The number of esters is 4. The molecular formula is C37H45N3O13. The molecule has 2 aromatic rings. The first-order valence-electron chi connectivity index (χ1n) is 17.0. The summed E-state index contributed by atoms with van der Waals surface area (Å²) in [4.78, 5) is 88.3. The highest BCUT2D eigenvalue weighted by molar-refractivity contribution is 5.88. The quantitative estimate of drug-likeness (QED) is 0.211. The standard InChI is InChI=1S/C37H45N3O13/c1-19(41)38-31-33(51-22(4)44)32(50-21(3)43)29(18-48-20(2)42)52-34(31)40-30(45)16-28(35(46)53-37(5,6)7)39-36(47)49-17-27-25-14-10-8-12-23(25)24-13-9-11-15-26(24)27/h8-15,27-29,31-34H,16-18H2,1-7H3,(H,38,41)(H,39,47)(H,40,45)/t28-,29+,31+,32-,33+,34+/m0/s1. The zero-order chi connectivity index (χ0) is 39.0. The van der Waals surface area contributed by atoms with Crippen molar-refractivity contribution in [3.63, 3.8) is 0 Å². The van der Waals surface area contributed by atoms with Gasteiger partial charge in [0.15, 0.2) is 18.4 Å². The van der Waals surface area contributed by atoms with Crippen molar-refractivity contribution in [3.05, 3.63) is 59.7 Å². The minimum Gasteiger partial charge on any atom is -0.463 e. The molecule has 0 spiro atoms. The zero-order valence-electron chi connectivity index (χ0n) is 30.6. The summed E-state index contributed by atoms with van der Waals surface area (Å²) in [6.07, 6.45) is -7.27. The molecule has 3 N–H and O–H groups in total. The molecule has 1 saturated heterocycles. The van der Waals surface area contributed by atoms with Crippen molar-refractivity contribution in [3.8, 4) is 11.1 Å². The maximum atomic E-state index is 13.6. The molecule has 6 atom stereocenters. The average Bonchev–Trinajstić information content (AvgIpc) is 3.37. The Morgan fingerprint density at radius 3 is 1.83 bits per heavy atom. The van der Waals surface area contributed by atoms with Gasteiger partial charge in [0.1, 0.15) is 37.0 Å². The molecule has 0 radical (unpaired) electrons. The van der Waals surface area contributed by atoms with E-state index in [0.717, 1.165) is 49.9 Å². The number of amides is 3. The number of ether oxygens (including phenoxy) is 6. The van der Waals surface area contributed by atoms with E-state index in [-0.39, 0.29) is 12.5 Å². The lowest BCUT2D eigenvalue weighted by Gasteiger charge is -2.45. The van der Waals surface area contributed by atoms with Gasteiger partial charge in [0.2, 0.25) is 11.8 Å². The van der Waals surface area contributed by atoms with Crippen LogP contribution < -0.4 is 16.0 Å². The monoisotopic (exact) mass is 739 g/mol. The molecule has 2 aliphatic rings. The highest BCUT2D eigenvalue weighted by Gasteiger charge is 2.51. The van der Waals surface area contributed by atoms with E-state index in [2.05, 4.69) is 16.0 Å². The third kappa shape index (κ3) is 11.0. The molecule has 1 aliphatic heterocycles. The second-order valence-corrected chi connectivity index (χ2v) is 13.6. The Kier molecular flexibility index (Phi) is 13.2. The summed E-state index contributed by atoms with van der Waals surface area (Å²) in [5, 5.41) is 7.52. The lowest BCUT2D eigenvalue weighted by molar-refractivity contribution is -0.228. The van der Waals surface area contributed by atoms with Gasteiger partial charge in [-0.05, 0) is 43.0 Å². The van der Waals surface area contributed by atoms with Gasteiger partial charge in [-0.15, -0.1) is 0 Å². The minimum absolute atomic E-state index is 0.0633. The Hall–Kier alpha value is -5.51. The summed E-state index contributed by atoms with van der Waals surface area (Å²) in [6, 6.07) is 12.6. The van der Waals surface area contributed by atoms with Gasteiger partial charge in [-0.1, -0.05) is 48.5 Å². The van der Waals surface area contributed by atoms with Crippen molar-refractivity contribution in [2.24, 2.45) is 0 Å². The van der Waals surface area contributed by atoms with E-state index in [1.54, 1.807) is 20.8 Å². The average molecular weight is 740 g/mol. The Balaban J connectivity index is 1.54. The molecule has 2 aromatic carbocycles. The Bertz CT molecular complexity index is 1680. The van der Waals surface area contributed by atoms with Crippen LogP contribution in [0.15, 0.2) is 48.5 Å². The summed E-state index contributed by atoms with van der Waals surface area (Å²) in [6.45, 7) is 8.75. The molecule has 16 heteroatoms. The van der Waals surface area contributed by atoms with E-state index in [1.807, 2.05) is 48.5 Å². The van der Waals surface area contributed by atoms with E-state index < -0.39 is 97.0 Å². The van der Waals surface area contributed by atoms with Crippen molar-refractivity contribution in [1.82, 2.24) is 16.0 Å². The van der Waals surface area contributed by atoms with Gasteiger partial charge in [-0.25, -0.2) is 9.59 Å². The number of hydrogen-bond donors (Lipinski definition) is 3. The van der Waals surface area contributed by atoms with E-state index >= 15 is 0 Å². The SMILES string of the molecule is CC(=O)N[C@@H]1[C@@H](OC(C)=O)[C@@H](OC(C)=O)[C@@H](COC(C)=O)O[C@H]1NC(=O)C[C@H](NC(=O)OCC1c2ccccc2-c2ccccc21)C(=O)OC(C)(C)C. The van der Waals surface area contributed by atoms with Crippen LogP contribution in [0.4, 0.5) is 4.79 Å². The molecule has 1 fully saturated rings. The molecule has 0 saturated carbocycles. The first-order valence-corrected chi connectivity index (χ1v) is 17.0. The Morgan fingerprint density at radius 2 is 1.30 bits per heavy atom. The van der Waals surface area contributed by atoms with Gasteiger partial charge < -0.3 is 44.4 Å². The molecule has 0 bridgehead atoms. The van der Waals surface area contributed by atoms with E-state index in [1.165, 1.54) is 0 Å². The molecule has 3 amide bonds. The zero-order valence-corrected chi connectivity index (χ0v) is 30.6. The van der Waals surface area contributed by atoms with Crippen LogP contribution in [0.1, 0.15) is 71.9 Å². The molecule has 0 aromatic heterocycles. The van der Waals surface area contributed by atoms with Gasteiger partial charge in [-0.3, -0.25) is 24.0 Å². The molecule has 0 unspecified atom stereocenters. The molecule has 16 nitrogen and oxygen atoms in total. The predicted molar refractivity (Wildman–Crippen MR) is 185 cm³/mol. The fourth-order valence-corrected chi connectivity index (χ4v) is 6.21. The molecule has 4 rings (SSSR count). The van der Waals surface area contributed by atoms with Crippen LogP contribution in [0.3, 0.4) is 0 Å². The summed E-state index contributed by atoms with van der Waals surface area (Å²) in [5.74, 6) is -5.04. The van der Waals surface area contributed by atoms with Crippen LogP contribution in [-0.2, 0) is 57.2 Å². The largest absolute Gasteiger partial charge is 0.463 e. The molecule has 286 valence electrons. The Morgan fingerprint density at radius 1 is 0.736 bits per heavy atom. The first kappa shape index (κ1) is 40.3. The maximum Gasteiger partial charge on any atom is 0.407 e. The van der Waals surface area contributed by atoms with Crippen molar-refractivity contribution in [2.45, 2.75) is 103 Å². The summed E-state index contributed by atoms with van der Waals surface area (Å²) in [7, 11) is 0. The van der Waals surface area contributed by atoms with Crippen LogP contribution in [0.2, 0.25) is 0 Å². The highest BCUT2D eigenvalue weighted by atomic mass is 16.6. The first-order chi connectivity index (χ1) is 24.9. The lowest BCUT2D eigenvalue weighted by Crippen LogP contribution is -2.69. The summed E-state index contributed by atoms with van der Waals surface area (Å²) < 4.78 is 33.0. The van der Waals surface area contributed by atoms with E-state index in [4.69, 9.17) is 28.4 Å². The number of alkyl carbamates (subject to hydrolysis) is 1. The maximum absolute atomic E-state index is 13.6. The van der Waals surface area contributed by atoms with E-state index in [9.17, 15) is 33.6 Å². The van der Waals surface area contributed by atoms with Crippen LogP contribution >= 0.6 is 0 Å². The number of benzene rings is 2. The van der Waals surface area contributed by atoms with Crippen LogP contribution in [-0.4, -0.2) is 97.2 Å². The fraction of sp³-hybridized carbons (Fsp3) is 0.486. The van der Waals surface area contributed by atoms with Gasteiger partial charge in [-0.2, -0.15) is 0 Å². The molecule has 1 heterocycles. The fourth-order valence-electron chi connectivity index (χ4n) is 6.21. The second kappa shape index (κ2) is 17.3. The van der Waals surface area contributed by atoms with Gasteiger partial charge in [0.05, 0.1) is 6.42 Å². The molecule has 1 aliphatic carbocycles. The molecule has 53 heavy (non-hydrogen) atoms. The minimum atomic E-state index is -1.55. The second-order valence-electron chi connectivity index (χ2n) is 13.6. The predicted octanol–water partition coefficient (Wildman–Crippen LogP) is 2.40. The number of fused-ring (bicyclic) bond motifs is 3. The number of rotatable bonds is 12. The number of carbonyl (C=O) groups is 7. The number of nitrogens with one attached hydrogen (secondary N) is 3. The highest BCUT2D eigenvalue weighted by Crippen LogP contribution is 2.44. The number of carbonyl (C=O) groups excluding carboxylic acids is 7. The lowest BCUT2D eigenvalue weighted by atomic mass is 9.95. The number of hydrogen-bond acceptors (Lipinski definition) is 13. The third-order valence-corrected chi connectivity index (χ3v) is 8.14. The van der Waals surface area contributed by atoms with Crippen LogP contribution in [0, 0.1) is 0 Å². The topological polar surface area (TPSA) is 211 Å². The van der Waals surface area contributed by atoms with Gasteiger partial charge >= 0.3 is 30.0 Å². The molecular weight excluding hydrogens is 694 g/mol. The van der Waals surface area contributed by atoms with Crippen molar-refractivity contribution >= 4 is 41.8 Å². The van der Waals surface area contributed by atoms with Crippen molar-refractivity contribution in [1.29, 1.82) is 0 Å². The Labute approximate surface area is 306 Å². The summed E-state index contributed by atoms with van der Waals surface area (Å²) in [5.41, 5.74) is 2.99. The normalized spacial score (nSPS) is 21.1. The van der Waals surface area contributed by atoms with Crippen LogP contribution in [0.25, 0.3) is 11.1 Å². The van der Waals surface area contributed by atoms with Crippen molar-refractivity contribution in [2.75, 3.05) is 13.2 Å². The van der Waals surface area contributed by atoms with Gasteiger partial charge in [0, 0.05) is 33.6 Å². The smallest absolute Gasteiger partial charge is 0.407 e. The van der Waals surface area contributed by atoms with Crippen molar-refractivity contribution < 1.29 is 62.0 Å². The van der Waals surface area contributed by atoms with Crippen LogP contribution in [0.5, 0.6) is 0 Å². The van der Waals surface area contributed by atoms with E-state index in [0.29, 0.717) is 0 Å². The van der Waals surface area contributed by atoms with Gasteiger partial charge in [0.25, 0.3) is 0 Å².